The predicted octanol–water partition coefficient (Wildman–Crippen LogP) is 1.93. The van der Waals surface area contributed by atoms with Crippen LogP contribution < -0.4 is 9.47 Å². The summed E-state index contributed by atoms with van der Waals surface area (Å²) in [7, 11) is 4.06. The van der Waals surface area contributed by atoms with Gasteiger partial charge in [-0.15, -0.1) is 0 Å². The van der Waals surface area contributed by atoms with E-state index in [4.69, 9.17) is 9.57 Å². The van der Waals surface area contributed by atoms with Gasteiger partial charge in [-0.2, -0.15) is 8.78 Å². The summed E-state index contributed by atoms with van der Waals surface area (Å²) >= 11 is 0. The quantitative estimate of drug-likeness (QED) is 0.760. The predicted molar refractivity (Wildman–Crippen MR) is 58.7 cm³/mol. The summed E-state index contributed by atoms with van der Waals surface area (Å²) in [6.07, 6.45) is 0. The van der Waals surface area contributed by atoms with E-state index in [-0.39, 0.29) is 17.1 Å². The van der Waals surface area contributed by atoms with Crippen molar-refractivity contribution >= 4 is 5.91 Å². The van der Waals surface area contributed by atoms with Crippen LogP contribution in [0.4, 0.5) is 8.78 Å². The lowest BCUT2D eigenvalue weighted by Crippen LogP contribution is -2.25. The Morgan fingerprint density at radius 1 is 1.28 bits per heavy atom. The maximum Gasteiger partial charge on any atom is 0.387 e. The lowest BCUT2D eigenvalue weighted by molar-refractivity contribution is -0.0757. The Morgan fingerprint density at radius 2 is 1.94 bits per heavy atom. The third-order valence-corrected chi connectivity index (χ3v) is 2.19. The molecule has 0 aliphatic heterocycles. The van der Waals surface area contributed by atoms with Crippen molar-refractivity contribution in [3.05, 3.63) is 23.8 Å². The average molecular weight is 261 g/mol. The molecule has 0 atom stereocenters. The Balaban J connectivity index is 3.01. The molecule has 18 heavy (non-hydrogen) atoms. The van der Waals surface area contributed by atoms with Crippen LogP contribution in [0.1, 0.15) is 10.4 Å². The van der Waals surface area contributed by atoms with E-state index < -0.39 is 12.5 Å². The third kappa shape index (κ3) is 3.30. The summed E-state index contributed by atoms with van der Waals surface area (Å²) in [5.74, 6) is -0.519. The van der Waals surface area contributed by atoms with Crippen LogP contribution in [0, 0.1) is 0 Å². The summed E-state index contributed by atoms with van der Waals surface area (Å²) in [5.41, 5.74) is 0.234. The molecule has 1 rings (SSSR count). The van der Waals surface area contributed by atoms with Crippen LogP contribution in [0.25, 0.3) is 0 Å². The number of halogens is 2. The maximum absolute atomic E-state index is 12.1. The van der Waals surface area contributed by atoms with Gasteiger partial charge < -0.3 is 9.47 Å². The number of benzene rings is 1. The molecule has 0 fully saturated rings. The van der Waals surface area contributed by atoms with Crippen molar-refractivity contribution in [1.82, 2.24) is 5.06 Å². The fourth-order valence-corrected chi connectivity index (χ4v) is 1.26. The minimum Gasteiger partial charge on any atom is -0.493 e. The molecule has 7 heteroatoms. The normalized spacial score (nSPS) is 10.3. The molecular weight excluding hydrogens is 248 g/mol. The Hall–Kier alpha value is -1.89. The number of hydrogen-bond acceptors (Lipinski definition) is 4. The Morgan fingerprint density at radius 3 is 2.44 bits per heavy atom. The number of carbonyl (C=O) groups is 1. The standard InChI is InChI=1S/C11H13F2NO4/c1-14(17-3)10(15)7-4-5-8(18-11(12)13)9(6-7)16-2/h4-6,11H,1-3H3. The van der Waals surface area contributed by atoms with Gasteiger partial charge in [0.2, 0.25) is 0 Å². The molecule has 1 aromatic rings. The first kappa shape index (κ1) is 14.2. The van der Waals surface area contributed by atoms with Crippen molar-refractivity contribution in [2.45, 2.75) is 6.61 Å². The van der Waals surface area contributed by atoms with E-state index in [1.807, 2.05) is 0 Å². The number of nitrogens with zero attached hydrogens (tertiary/aromatic N) is 1. The van der Waals surface area contributed by atoms with Gasteiger partial charge in [0.1, 0.15) is 0 Å². The van der Waals surface area contributed by atoms with E-state index in [1.54, 1.807) is 0 Å². The molecule has 0 aliphatic rings. The molecule has 0 N–H and O–H groups in total. The number of alkyl halides is 2. The fourth-order valence-electron chi connectivity index (χ4n) is 1.26. The minimum absolute atomic E-state index is 0.0469. The zero-order chi connectivity index (χ0) is 13.7. The molecule has 0 aliphatic carbocycles. The van der Waals surface area contributed by atoms with Crippen LogP contribution in [-0.2, 0) is 4.84 Å². The summed E-state index contributed by atoms with van der Waals surface area (Å²) in [6, 6.07) is 3.88. The van der Waals surface area contributed by atoms with Gasteiger partial charge in [-0.05, 0) is 18.2 Å². The highest BCUT2D eigenvalue weighted by Gasteiger charge is 2.16. The van der Waals surface area contributed by atoms with E-state index in [9.17, 15) is 13.6 Å². The van der Waals surface area contributed by atoms with Crippen molar-refractivity contribution in [1.29, 1.82) is 0 Å². The van der Waals surface area contributed by atoms with E-state index >= 15 is 0 Å². The Kier molecular flexibility index (Phi) is 4.85. The highest BCUT2D eigenvalue weighted by Crippen LogP contribution is 2.29. The third-order valence-electron chi connectivity index (χ3n) is 2.19. The number of methoxy groups -OCH3 is 1. The van der Waals surface area contributed by atoms with E-state index in [2.05, 4.69) is 4.74 Å². The molecule has 0 aromatic heterocycles. The number of carbonyl (C=O) groups excluding carboxylic acids is 1. The molecular formula is C11H13F2NO4. The van der Waals surface area contributed by atoms with Gasteiger partial charge in [-0.25, -0.2) is 5.06 Å². The lowest BCUT2D eigenvalue weighted by Gasteiger charge is -2.15. The molecule has 0 spiro atoms. The van der Waals surface area contributed by atoms with Crippen LogP contribution in [0.2, 0.25) is 0 Å². The van der Waals surface area contributed by atoms with Gasteiger partial charge in [-0.3, -0.25) is 9.63 Å². The number of amides is 1. The number of hydrogen-bond donors (Lipinski definition) is 0. The van der Waals surface area contributed by atoms with Crippen molar-refractivity contribution in [2.24, 2.45) is 0 Å². The van der Waals surface area contributed by atoms with Crippen LogP contribution in [0.5, 0.6) is 11.5 Å². The average Bonchev–Trinajstić information content (AvgIpc) is 2.36. The highest BCUT2D eigenvalue weighted by atomic mass is 19.3. The Labute approximate surface area is 103 Å². The van der Waals surface area contributed by atoms with Gasteiger partial charge in [0.15, 0.2) is 11.5 Å². The van der Waals surface area contributed by atoms with Crippen molar-refractivity contribution < 1.29 is 27.9 Å². The second-order valence-corrected chi connectivity index (χ2v) is 3.23. The monoisotopic (exact) mass is 261 g/mol. The van der Waals surface area contributed by atoms with Gasteiger partial charge in [-0.1, -0.05) is 0 Å². The zero-order valence-corrected chi connectivity index (χ0v) is 10.1. The molecule has 0 bridgehead atoms. The second kappa shape index (κ2) is 6.15. The zero-order valence-electron chi connectivity index (χ0n) is 10.1. The number of hydroxylamine groups is 2. The molecule has 0 unspecified atom stereocenters. The molecule has 1 amide bonds. The maximum atomic E-state index is 12.1. The Bertz CT molecular complexity index is 426. The first-order valence-corrected chi connectivity index (χ1v) is 4.94. The van der Waals surface area contributed by atoms with Gasteiger partial charge in [0, 0.05) is 12.6 Å². The van der Waals surface area contributed by atoms with Crippen molar-refractivity contribution in [3.8, 4) is 11.5 Å². The summed E-state index contributed by atoms with van der Waals surface area (Å²) in [6.45, 7) is -2.96. The van der Waals surface area contributed by atoms with Gasteiger partial charge >= 0.3 is 6.61 Å². The molecule has 0 heterocycles. The van der Waals surface area contributed by atoms with Crippen LogP contribution in [-0.4, -0.2) is 38.8 Å². The molecule has 5 nitrogen and oxygen atoms in total. The smallest absolute Gasteiger partial charge is 0.387 e. The molecule has 0 radical (unpaired) electrons. The number of ether oxygens (including phenoxy) is 2. The molecule has 0 saturated heterocycles. The molecule has 1 aromatic carbocycles. The van der Waals surface area contributed by atoms with E-state index in [1.165, 1.54) is 39.5 Å². The fraction of sp³-hybridized carbons (Fsp3) is 0.364. The first-order chi connectivity index (χ1) is 8.49. The van der Waals surface area contributed by atoms with Crippen molar-refractivity contribution in [2.75, 3.05) is 21.3 Å². The van der Waals surface area contributed by atoms with Crippen LogP contribution in [0.3, 0.4) is 0 Å². The summed E-state index contributed by atoms with van der Waals surface area (Å²) in [5, 5.41) is 1.00. The van der Waals surface area contributed by atoms with E-state index in [0.717, 1.165) is 5.06 Å². The van der Waals surface area contributed by atoms with Crippen molar-refractivity contribution in [3.63, 3.8) is 0 Å². The first-order valence-electron chi connectivity index (χ1n) is 4.94. The topological polar surface area (TPSA) is 48.0 Å². The van der Waals surface area contributed by atoms with Gasteiger partial charge in [0.05, 0.1) is 14.2 Å². The second-order valence-electron chi connectivity index (χ2n) is 3.23. The SMILES string of the molecule is COc1cc(C(=O)N(C)OC)ccc1OC(F)F. The highest BCUT2D eigenvalue weighted by molar-refractivity contribution is 5.94. The minimum atomic E-state index is -2.96. The number of rotatable bonds is 5. The lowest BCUT2D eigenvalue weighted by atomic mass is 10.2. The largest absolute Gasteiger partial charge is 0.493 e. The van der Waals surface area contributed by atoms with Gasteiger partial charge in [0.25, 0.3) is 5.91 Å². The molecule has 100 valence electrons. The van der Waals surface area contributed by atoms with Crippen LogP contribution in [0.15, 0.2) is 18.2 Å². The van der Waals surface area contributed by atoms with Crippen LogP contribution >= 0.6 is 0 Å². The van der Waals surface area contributed by atoms with E-state index in [0.29, 0.717) is 0 Å². The summed E-state index contributed by atoms with van der Waals surface area (Å²) in [4.78, 5) is 16.5. The molecule has 0 saturated carbocycles. The summed E-state index contributed by atoms with van der Waals surface area (Å²) < 4.78 is 33.3.